The van der Waals surface area contributed by atoms with Gasteiger partial charge in [-0.05, 0) is 37.1 Å². The summed E-state index contributed by atoms with van der Waals surface area (Å²) in [6.07, 6.45) is 7.58. The van der Waals surface area contributed by atoms with Crippen LogP contribution in [0.3, 0.4) is 0 Å². The molecule has 2 fully saturated rings. The van der Waals surface area contributed by atoms with Gasteiger partial charge < -0.3 is 9.42 Å². The Morgan fingerprint density at radius 2 is 1.80 bits per heavy atom. The molecule has 1 saturated carbocycles. The first-order valence-corrected chi connectivity index (χ1v) is 9.10. The molecule has 1 aromatic carbocycles. The Labute approximate surface area is 146 Å². The van der Waals surface area contributed by atoms with Crippen LogP contribution in [0.4, 0.5) is 4.39 Å². The van der Waals surface area contributed by atoms with Crippen LogP contribution in [0.1, 0.15) is 56.8 Å². The van der Waals surface area contributed by atoms with Crippen molar-refractivity contribution in [2.45, 2.75) is 56.9 Å². The van der Waals surface area contributed by atoms with Gasteiger partial charge >= 0.3 is 0 Å². The number of hydrogen-bond acceptors (Lipinski definition) is 4. The van der Waals surface area contributed by atoms with Crippen molar-refractivity contribution in [1.29, 1.82) is 0 Å². The van der Waals surface area contributed by atoms with Gasteiger partial charge in [-0.2, -0.15) is 4.98 Å². The fraction of sp³-hybridized carbons (Fsp3) is 0.526. The van der Waals surface area contributed by atoms with Crippen LogP contribution in [-0.2, 0) is 4.79 Å². The minimum absolute atomic E-state index is 0.0440. The van der Waals surface area contributed by atoms with E-state index in [0.717, 1.165) is 12.8 Å². The van der Waals surface area contributed by atoms with Gasteiger partial charge in [0.2, 0.25) is 17.6 Å². The maximum Gasteiger partial charge on any atom is 0.232 e. The predicted octanol–water partition coefficient (Wildman–Crippen LogP) is 3.91. The van der Waals surface area contributed by atoms with Crippen molar-refractivity contribution in [3.8, 4) is 11.4 Å². The van der Waals surface area contributed by atoms with Crippen LogP contribution in [-0.4, -0.2) is 33.5 Å². The molecule has 1 atom stereocenters. The monoisotopic (exact) mass is 343 g/mol. The Morgan fingerprint density at radius 1 is 1.08 bits per heavy atom. The highest BCUT2D eigenvalue weighted by atomic mass is 19.1. The standard InChI is InChI=1S/C19H22FN3O2/c20-15-9-7-13(8-10-15)18-21-19(25-22-18)14-11-17(24)23(12-14)16-5-3-1-2-4-6-16/h7-10,14,16H,1-6,11-12H2. The van der Waals surface area contributed by atoms with E-state index in [1.807, 2.05) is 4.90 Å². The molecule has 6 heteroatoms. The molecule has 132 valence electrons. The minimum Gasteiger partial charge on any atom is -0.339 e. The third-order valence-electron chi connectivity index (χ3n) is 5.32. The van der Waals surface area contributed by atoms with Crippen LogP contribution in [0.15, 0.2) is 28.8 Å². The molecule has 0 spiro atoms. The van der Waals surface area contributed by atoms with Crippen molar-refractivity contribution in [2.24, 2.45) is 0 Å². The molecule has 4 rings (SSSR count). The molecule has 2 heterocycles. The Kier molecular flexibility index (Phi) is 4.51. The first-order valence-electron chi connectivity index (χ1n) is 9.10. The summed E-state index contributed by atoms with van der Waals surface area (Å²) in [5.41, 5.74) is 0.710. The second-order valence-corrected chi connectivity index (χ2v) is 7.06. The van der Waals surface area contributed by atoms with Crippen LogP contribution in [0.2, 0.25) is 0 Å². The van der Waals surface area contributed by atoms with Crippen molar-refractivity contribution in [2.75, 3.05) is 6.54 Å². The summed E-state index contributed by atoms with van der Waals surface area (Å²) in [5, 5.41) is 4.00. The van der Waals surface area contributed by atoms with Crippen molar-refractivity contribution >= 4 is 5.91 Å². The normalized spacial score (nSPS) is 22.4. The summed E-state index contributed by atoms with van der Waals surface area (Å²) in [6, 6.07) is 6.36. The van der Waals surface area contributed by atoms with Gasteiger partial charge in [-0.25, -0.2) is 4.39 Å². The van der Waals surface area contributed by atoms with Gasteiger partial charge in [0.05, 0.1) is 5.92 Å². The second-order valence-electron chi connectivity index (χ2n) is 7.06. The number of halogens is 1. The van der Waals surface area contributed by atoms with Gasteiger partial charge in [-0.3, -0.25) is 4.79 Å². The fourth-order valence-electron chi connectivity index (χ4n) is 3.94. The lowest BCUT2D eigenvalue weighted by atomic mass is 10.1. The van der Waals surface area contributed by atoms with Crippen LogP contribution < -0.4 is 0 Å². The zero-order chi connectivity index (χ0) is 17.2. The van der Waals surface area contributed by atoms with Gasteiger partial charge in [0.15, 0.2) is 0 Å². The SMILES string of the molecule is O=C1CC(c2nc(-c3ccc(F)cc3)no2)CN1C1CCCCCC1. The number of benzene rings is 1. The van der Waals surface area contributed by atoms with E-state index in [0.29, 0.717) is 36.3 Å². The molecule has 1 aliphatic heterocycles. The summed E-state index contributed by atoms with van der Waals surface area (Å²) in [4.78, 5) is 18.9. The maximum atomic E-state index is 13.0. The number of likely N-dealkylation sites (tertiary alicyclic amines) is 1. The highest BCUT2D eigenvalue weighted by Crippen LogP contribution is 2.33. The Bertz CT molecular complexity index is 735. The number of carbonyl (C=O) groups excluding carboxylic acids is 1. The summed E-state index contributed by atoms with van der Waals surface area (Å²) < 4.78 is 18.4. The van der Waals surface area contributed by atoms with Gasteiger partial charge in [0.1, 0.15) is 5.82 Å². The predicted molar refractivity (Wildman–Crippen MR) is 90.3 cm³/mol. The van der Waals surface area contributed by atoms with E-state index in [1.54, 1.807) is 12.1 Å². The molecule has 1 aromatic heterocycles. The first kappa shape index (κ1) is 16.2. The van der Waals surface area contributed by atoms with E-state index < -0.39 is 0 Å². The molecular weight excluding hydrogens is 321 g/mol. The zero-order valence-electron chi connectivity index (χ0n) is 14.2. The molecule has 2 aromatic rings. The van der Waals surface area contributed by atoms with Crippen LogP contribution in [0.5, 0.6) is 0 Å². The molecule has 1 saturated heterocycles. The Balaban J connectivity index is 1.47. The Morgan fingerprint density at radius 3 is 2.52 bits per heavy atom. The van der Waals surface area contributed by atoms with Crippen LogP contribution >= 0.6 is 0 Å². The summed E-state index contributed by atoms with van der Waals surface area (Å²) in [6.45, 7) is 0.661. The molecule has 2 aliphatic rings. The molecule has 5 nitrogen and oxygen atoms in total. The van der Waals surface area contributed by atoms with E-state index in [-0.39, 0.29) is 17.6 Å². The van der Waals surface area contributed by atoms with Crippen molar-refractivity contribution in [3.63, 3.8) is 0 Å². The third-order valence-corrected chi connectivity index (χ3v) is 5.32. The number of carbonyl (C=O) groups is 1. The molecule has 1 aliphatic carbocycles. The van der Waals surface area contributed by atoms with E-state index >= 15 is 0 Å². The quantitative estimate of drug-likeness (QED) is 0.793. The average Bonchev–Trinajstić information content (AvgIpc) is 3.15. The van der Waals surface area contributed by atoms with Gasteiger partial charge in [-0.1, -0.05) is 30.8 Å². The van der Waals surface area contributed by atoms with E-state index in [9.17, 15) is 9.18 Å². The number of hydrogen-bond donors (Lipinski definition) is 0. The van der Waals surface area contributed by atoms with Crippen LogP contribution in [0.25, 0.3) is 11.4 Å². The molecule has 1 unspecified atom stereocenters. The van der Waals surface area contributed by atoms with Crippen molar-refractivity contribution in [3.05, 3.63) is 36.0 Å². The number of amides is 1. The summed E-state index contributed by atoms with van der Waals surface area (Å²) >= 11 is 0. The zero-order valence-corrected chi connectivity index (χ0v) is 14.2. The van der Waals surface area contributed by atoms with E-state index in [4.69, 9.17) is 4.52 Å². The maximum absolute atomic E-state index is 13.0. The lowest BCUT2D eigenvalue weighted by molar-refractivity contribution is -0.129. The van der Waals surface area contributed by atoms with E-state index in [2.05, 4.69) is 10.1 Å². The molecule has 0 radical (unpaired) electrons. The van der Waals surface area contributed by atoms with E-state index in [1.165, 1.54) is 37.8 Å². The highest BCUT2D eigenvalue weighted by molar-refractivity contribution is 5.79. The third kappa shape index (κ3) is 3.43. The van der Waals surface area contributed by atoms with Crippen molar-refractivity contribution < 1.29 is 13.7 Å². The fourth-order valence-corrected chi connectivity index (χ4v) is 3.94. The largest absolute Gasteiger partial charge is 0.339 e. The number of nitrogens with zero attached hydrogens (tertiary/aromatic N) is 3. The molecular formula is C19H22FN3O2. The van der Waals surface area contributed by atoms with Crippen molar-refractivity contribution in [1.82, 2.24) is 15.0 Å². The lowest BCUT2D eigenvalue weighted by Gasteiger charge is -2.26. The summed E-state index contributed by atoms with van der Waals surface area (Å²) in [7, 11) is 0. The molecule has 25 heavy (non-hydrogen) atoms. The Hall–Kier alpha value is -2.24. The van der Waals surface area contributed by atoms with Crippen LogP contribution in [0, 0.1) is 5.82 Å². The number of rotatable bonds is 3. The lowest BCUT2D eigenvalue weighted by Crippen LogP contribution is -2.36. The molecule has 0 N–H and O–H groups in total. The van der Waals surface area contributed by atoms with Gasteiger partial charge in [-0.15, -0.1) is 0 Å². The highest BCUT2D eigenvalue weighted by Gasteiger charge is 2.37. The smallest absolute Gasteiger partial charge is 0.232 e. The first-order chi connectivity index (χ1) is 12.2. The second kappa shape index (κ2) is 6.94. The number of aromatic nitrogens is 2. The topological polar surface area (TPSA) is 59.2 Å². The van der Waals surface area contributed by atoms with Gasteiger partial charge in [0, 0.05) is 24.6 Å². The summed E-state index contributed by atoms with van der Waals surface area (Å²) in [5.74, 6) is 0.794. The average molecular weight is 343 g/mol. The van der Waals surface area contributed by atoms with Gasteiger partial charge in [0.25, 0.3) is 0 Å². The minimum atomic E-state index is -0.298. The molecule has 1 amide bonds. The molecule has 0 bridgehead atoms.